The van der Waals surface area contributed by atoms with Crippen molar-refractivity contribution in [3.63, 3.8) is 0 Å². The van der Waals surface area contributed by atoms with Gasteiger partial charge in [-0.3, -0.25) is 19.2 Å². The van der Waals surface area contributed by atoms with Crippen LogP contribution < -0.4 is 21.5 Å². The van der Waals surface area contributed by atoms with E-state index in [1.54, 1.807) is 24.3 Å². The number of aromatic nitrogens is 1. The fourth-order valence-electron chi connectivity index (χ4n) is 6.78. The van der Waals surface area contributed by atoms with Crippen LogP contribution in [0, 0.1) is 23.6 Å². The third kappa shape index (κ3) is 7.90. The molecule has 5 unspecified atom stereocenters. The topological polar surface area (TPSA) is 136 Å². The van der Waals surface area contributed by atoms with Crippen molar-refractivity contribution in [2.75, 3.05) is 12.4 Å². The summed E-state index contributed by atoms with van der Waals surface area (Å²) in [6.45, 7) is 1.99. The normalized spacial score (nSPS) is 21.5. The fourth-order valence-corrected chi connectivity index (χ4v) is 7.75. The number of ether oxygens (including phenoxy) is 1. The molecule has 2 bridgehead atoms. The van der Waals surface area contributed by atoms with Crippen LogP contribution in [-0.4, -0.2) is 47.5 Å². The average molecular weight is 651 g/mol. The lowest BCUT2D eigenvalue weighted by molar-refractivity contribution is -0.134. The maximum absolute atomic E-state index is 14.2. The van der Waals surface area contributed by atoms with E-state index in [9.17, 15) is 28.4 Å². The summed E-state index contributed by atoms with van der Waals surface area (Å²) in [6.07, 6.45) is 10.3. The molecule has 2 aliphatic rings. The standard InChI is InChI=1S/C34H39FN4O6S/c1-20-16-21-8-5-9-22(17-21)30(20)38-28(40)19-39-15-7-13-26(34(39)44)37-32(42)25(12-3-4-14-29(41)45-2)36-33(43)27-18-23-10-6-11-24(35)31(23)46-27/h4,6-7,10-11,13-15,18,20-22,25,30H,3,5,8-9,12,16-17,19H2,1-2H3,(H,36,43)(H,37,42)(H,38,40)/b14-4+. The third-order valence-corrected chi connectivity index (χ3v) is 10.1. The van der Waals surface area contributed by atoms with Gasteiger partial charge in [0.05, 0.1) is 16.7 Å². The van der Waals surface area contributed by atoms with Crippen LogP contribution in [0.4, 0.5) is 10.1 Å². The number of thiophene rings is 1. The molecule has 0 spiro atoms. The Balaban J connectivity index is 1.27. The number of nitrogens with one attached hydrogen (secondary N) is 3. The van der Waals surface area contributed by atoms with Gasteiger partial charge in [0.1, 0.15) is 24.1 Å². The summed E-state index contributed by atoms with van der Waals surface area (Å²) in [4.78, 5) is 64.7. The van der Waals surface area contributed by atoms with Gasteiger partial charge in [0.2, 0.25) is 11.8 Å². The van der Waals surface area contributed by atoms with E-state index in [2.05, 4.69) is 27.6 Å². The van der Waals surface area contributed by atoms with E-state index >= 15 is 0 Å². The van der Waals surface area contributed by atoms with Crippen LogP contribution >= 0.6 is 11.3 Å². The number of amides is 3. The average Bonchev–Trinajstić information content (AvgIpc) is 3.48. The van der Waals surface area contributed by atoms with Crippen molar-refractivity contribution in [3.8, 4) is 0 Å². The summed E-state index contributed by atoms with van der Waals surface area (Å²) in [5.41, 5.74) is -0.606. The molecule has 1 aromatic carbocycles. The Labute approximate surface area is 270 Å². The number of hydrogen-bond acceptors (Lipinski definition) is 7. The molecule has 3 amide bonds. The van der Waals surface area contributed by atoms with Crippen LogP contribution in [-0.2, 0) is 25.7 Å². The van der Waals surface area contributed by atoms with Crippen molar-refractivity contribution in [2.24, 2.45) is 17.8 Å². The minimum absolute atomic E-state index is 0.0465. The van der Waals surface area contributed by atoms with Crippen LogP contribution in [0.15, 0.2) is 59.5 Å². The molecule has 10 nitrogen and oxygen atoms in total. The van der Waals surface area contributed by atoms with Crippen LogP contribution in [0.5, 0.6) is 0 Å². The van der Waals surface area contributed by atoms with E-state index < -0.39 is 35.2 Å². The molecule has 2 heterocycles. The maximum Gasteiger partial charge on any atom is 0.330 e. The van der Waals surface area contributed by atoms with Gasteiger partial charge in [-0.15, -0.1) is 11.3 Å². The molecule has 0 radical (unpaired) electrons. The summed E-state index contributed by atoms with van der Waals surface area (Å²) in [7, 11) is 1.24. The predicted octanol–water partition coefficient (Wildman–Crippen LogP) is 4.78. The summed E-state index contributed by atoms with van der Waals surface area (Å²) in [5, 5.41) is 9.02. The van der Waals surface area contributed by atoms with Gasteiger partial charge in [-0.2, -0.15) is 0 Å². The number of fused-ring (bicyclic) bond motifs is 3. The minimum Gasteiger partial charge on any atom is -0.466 e. The first-order valence-electron chi connectivity index (χ1n) is 15.7. The zero-order valence-corrected chi connectivity index (χ0v) is 26.7. The van der Waals surface area contributed by atoms with Gasteiger partial charge < -0.3 is 25.3 Å². The van der Waals surface area contributed by atoms with E-state index in [-0.39, 0.29) is 41.9 Å². The van der Waals surface area contributed by atoms with Gasteiger partial charge in [-0.05, 0) is 79.5 Å². The lowest BCUT2D eigenvalue weighted by atomic mass is 9.65. The number of methoxy groups -OCH3 is 1. The highest BCUT2D eigenvalue weighted by atomic mass is 32.1. The molecule has 3 N–H and O–H groups in total. The third-order valence-electron chi connectivity index (χ3n) is 8.99. The Morgan fingerprint density at radius 3 is 2.76 bits per heavy atom. The Morgan fingerprint density at radius 2 is 1.98 bits per heavy atom. The van der Waals surface area contributed by atoms with E-state index in [1.165, 1.54) is 55.0 Å². The predicted molar refractivity (Wildman–Crippen MR) is 174 cm³/mol. The molecule has 2 aliphatic carbocycles. The molecular weight excluding hydrogens is 611 g/mol. The summed E-state index contributed by atoms with van der Waals surface area (Å²) in [6, 6.07) is 8.07. The number of nitrogens with zero attached hydrogens (tertiary/aromatic N) is 1. The molecule has 244 valence electrons. The first kappa shape index (κ1) is 33.1. The SMILES string of the molecule is COC(=O)/C=C/CCC(NC(=O)c1cc2cccc(F)c2s1)C(=O)Nc1cccn(CC(=O)NC2C(C)CC3CCCC2C3)c1=O. The smallest absolute Gasteiger partial charge is 0.330 e. The van der Waals surface area contributed by atoms with Gasteiger partial charge in [-0.1, -0.05) is 38.0 Å². The molecule has 5 rings (SSSR count). The van der Waals surface area contributed by atoms with Crippen LogP contribution in [0.3, 0.4) is 0 Å². The molecule has 3 aromatic rings. The van der Waals surface area contributed by atoms with Gasteiger partial charge in [0.25, 0.3) is 11.5 Å². The Bertz CT molecular complexity index is 1700. The maximum atomic E-state index is 14.2. The minimum atomic E-state index is -1.10. The second-order valence-corrected chi connectivity index (χ2v) is 13.3. The molecule has 0 saturated heterocycles. The summed E-state index contributed by atoms with van der Waals surface area (Å²) in [5.74, 6) is -0.952. The van der Waals surface area contributed by atoms with Gasteiger partial charge in [0.15, 0.2) is 0 Å². The number of halogens is 1. The molecular formula is C34H39FN4O6S. The van der Waals surface area contributed by atoms with Crippen molar-refractivity contribution >= 4 is 50.8 Å². The molecule has 5 atom stereocenters. The number of rotatable bonds is 11. The molecule has 0 aliphatic heterocycles. The fraction of sp³-hybridized carbons (Fsp3) is 0.441. The zero-order chi connectivity index (χ0) is 32.8. The number of esters is 1. The van der Waals surface area contributed by atoms with Crippen LogP contribution in [0.2, 0.25) is 0 Å². The number of carbonyl (C=O) groups is 4. The number of allylic oxidation sites excluding steroid dienone is 1. The van der Waals surface area contributed by atoms with Crippen molar-refractivity contribution in [3.05, 3.63) is 75.8 Å². The second kappa shape index (κ2) is 14.8. The van der Waals surface area contributed by atoms with Gasteiger partial charge >= 0.3 is 5.97 Å². The number of hydrogen-bond donors (Lipinski definition) is 3. The Kier molecular flexibility index (Phi) is 10.7. The Morgan fingerprint density at radius 1 is 1.15 bits per heavy atom. The van der Waals surface area contributed by atoms with E-state index in [4.69, 9.17) is 0 Å². The highest BCUT2D eigenvalue weighted by Crippen LogP contribution is 2.42. The summed E-state index contributed by atoms with van der Waals surface area (Å²) < 4.78 is 20.4. The molecule has 2 fully saturated rings. The molecule has 46 heavy (non-hydrogen) atoms. The van der Waals surface area contributed by atoms with Crippen molar-refractivity contribution < 1.29 is 28.3 Å². The van der Waals surface area contributed by atoms with E-state index in [1.807, 2.05) is 0 Å². The number of pyridine rings is 1. The second-order valence-electron chi connectivity index (χ2n) is 12.2. The highest BCUT2D eigenvalue weighted by molar-refractivity contribution is 7.20. The lowest BCUT2D eigenvalue weighted by Crippen LogP contribution is -2.50. The Hall–Kier alpha value is -4.32. The number of carbonyl (C=O) groups excluding carboxylic acids is 4. The number of anilines is 1. The largest absolute Gasteiger partial charge is 0.466 e. The lowest BCUT2D eigenvalue weighted by Gasteiger charge is -2.44. The van der Waals surface area contributed by atoms with Gasteiger partial charge in [-0.25, -0.2) is 9.18 Å². The van der Waals surface area contributed by atoms with Crippen molar-refractivity contribution in [2.45, 2.75) is 70.5 Å². The van der Waals surface area contributed by atoms with Crippen LogP contribution in [0.25, 0.3) is 10.1 Å². The first-order chi connectivity index (χ1) is 22.1. The molecule has 2 saturated carbocycles. The van der Waals surface area contributed by atoms with Gasteiger partial charge in [0, 0.05) is 18.3 Å². The highest BCUT2D eigenvalue weighted by Gasteiger charge is 2.38. The van der Waals surface area contributed by atoms with Crippen LogP contribution in [0.1, 0.15) is 61.5 Å². The van der Waals surface area contributed by atoms with E-state index in [0.717, 1.165) is 36.5 Å². The van der Waals surface area contributed by atoms with Crippen molar-refractivity contribution in [1.29, 1.82) is 0 Å². The molecule has 12 heteroatoms. The summed E-state index contributed by atoms with van der Waals surface area (Å²) >= 11 is 0.967. The first-order valence-corrected chi connectivity index (χ1v) is 16.5. The zero-order valence-electron chi connectivity index (χ0n) is 25.9. The quantitative estimate of drug-likeness (QED) is 0.202. The molecule has 2 aromatic heterocycles. The van der Waals surface area contributed by atoms with E-state index in [0.29, 0.717) is 21.9 Å². The number of benzene rings is 1. The monoisotopic (exact) mass is 650 g/mol. The van der Waals surface area contributed by atoms with Crippen molar-refractivity contribution in [1.82, 2.24) is 15.2 Å².